The van der Waals surface area contributed by atoms with E-state index in [0.29, 0.717) is 6.42 Å². The zero-order chi connectivity index (χ0) is 13.8. The number of hydrogen-bond donors (Lipinski definition) is 0. The van der Waals surface area contributed by atoms with Gasteiger partial charge in [-0.05, 0) is 39.2 Å². The number of carbonyl (C=O) groups excluding carboxylic acids is 2. The number of rotatable bonds is 4. The highest BCUT2D eigenvalue weighted by molar-refractivity contribution is 6.02. The van der Waals surface area contributed by atoms with Gasteiger partial charge in [0.25, 0.3) is 0 Å². The molecule has 0 bridgehead atoms. The molecule has 100 valence electrons. The molecule has 1 fully saturated rings. The van der Waals surface area contributed by atoms with Gasteiger partial charge in [-0.2, -0.15) is 0 Å². The number of ether oxygens (including phenoxy) is 2. The molecule has 1 aliphatic carbocycles. The van der Waals surface area contributed by atoms with E-state index in [0.717, 1.165) is 11.1 Å². The molecule has 0 unspecified atom stereocenters. The monoisotopic (exact) mass is 252 g/mol. The zero-order valence-corrected chi connectivity index (χ0v) is 11.2. The Kier molecular flexibility index (Phi) is 4.70. The van der Waals surface area contributed by atoms with Crippen LogP contribution in [0.5, 0.6) is 0 Å². The molecule has 0 atom stereocenters. The summed E-state index contributed by atoms with van der Waals surface area (Å²) in [6, 6.07) is 0. The highest BCUT2D eigenvalue weighted by Gasteiger charge is 2.53. The third-order valence-corrected chi connectivity index (χ3v) is 3.14. The predicted molar refractivity (Wildman–Crippen MR) is 67.8 cm³/mol. The topological polar surface area (TPSA) is 52.6 Å². The van der Waals surface area contributed by atoms with Crippen molar-refractivity contribution < 1.29 is 19.1 Å². The van der Waals surface area contributed by atoms with Gasteiger partial charge >= 0.3 is 11.9 Å². The fraction of sp³-hybridized carbons (Fsp3) is 0.571. The van der Waals surface area contributed by atoms with Gasteiger partial charge in [0.1, 0.15) is 0 Å². The number of allylic oxidation sites excluding steroid dienone is 3. The standard InChI is InChI=1S/C14H20O4/c1-5-11-9-14(8-10(11)4,12(15)17-6-2)13(16)18-7-3/h5H,4,6-9H2,1-3H3/b11-5+. The summed E-state index contributed by atoms with van der Waals surface area (Å²) < 4.78 is 10.1. The Balaban J connectivity index is 3.08. The quantitative estimate of drug-likeness (QED) is 0.569. The molecule has 1 aliphatic rings. The fourth-order valence-electron chi connectivity index (χ4n) is 2.21. The van der Waals surface area contributed by atoms with Gasteiger partial charge in [-0.15, -0.1) is 0 Å². The lowest BCUT2D eigenvalue weighted by atomic mass is 9.85. The molecule has 0 heterocycles. The first kappa shape index (κ1) is 14.5. The van der Waals surface area contributed by atoms with Gasteiger partial charge < -0.3 is 9.47 Å². The van der Waals surface area contributed by atoms with Crippen molar-refractivity contribution in [2.45, 2.75) is 33.6 Å². The smallest absolute Gasteiger partial charge is 0.324 e. The van der Waals surface area contributed by atoms with Crippen molar-refractivity contribution in [1.82, 2.24) is 0 Å². The molecule has 0 aromatic rings. The molecule has 18 heavy (non-hydrogen) atoms. The first-order chi connectivity index (χ1) is 8.51. The van der Waals surface area contributed by atoms with Crippen molar-refractivity contribution in [1.29, 1.82) is 0 Å². The van der Waals surface area contributed by atoms with E-state index in [9.17, 15) is 9.59 Å². The van der Waals surface area contributed by atoms with Crippen LogP contribution in [-0.4, -0.2) is 25.2 Å². The highest BCUT2D eigenvalue weighted by atomic mass is 16.6. The maximum Gasteiger partial charge on any atom is 0.324 e. The molecule has 0 saturated heterocycles. The molecule has 1 rings (SSSR count). The van der Waals surface area contributed by atoms with Gasteiger partial charge in [-0.25, -0.2) is 0 Å². The minimum Gasteiger partial charge on any atom is -0.465 e. The zero-order valence-electron chi connectivity index (χ0n) is 11.2. The minimum absolute atomic E-state index is 0.248. The molecule has 0 radical (unpaired) electrons. The Hall–Kier alpha value is -1.58. The molecule has 0 N–H and O–H groups in total. The van der Waals surface area contributed by atoms with Crippen molar-refractivity contribution in [3.05, 3.63) is 23.8 Å². The van der Waals surface area contributed by atoms with Gasteiger partial charge in [0.05, 0.1) is 13.2 Å². The van der Waals surface area contributed by atoms with Gasteiger partial charge in [-0.1, -0.05) is 18.2 Å². The number of carbonyl (C=O) groups is 2. The van der Waals surface area contributed by atoms with E-state index in [4.69, 9.17) is 9.47 Å². The molecule has 4 heteroatoms. The summed E-state index contributed by atoms with van der Waals surface area (Å²) in [5.41, 5.74) is 0.500. The van der Waals surface area contributed by atoms with Crippen molar-refractivity contribution in [3.8, 4) is 0 Å². The summed E-state index contributed by atoms with van der Waals surface area (Å²) in [6.45, 7) is 9.70. The van der Waals surface area contributed by atoms with E-state index in [1.807, 2.05) is 13.0 Å². The van der Waals surface area contributed by atoms with Crippen LogP contribution in [0.25, 0.3) is 0 Å². The van der Waals surface area contributed by atoms with Crippen molar-refractivity contribution >= 4 is 11.9 Å². The van der Waals surface area contributed by atoms with Gasteiger partial charge in [0.15, 0.2) is 5.41 Å². The maximum atomic E-state index is 12.1. The van der Waals surface area contributed by atoms with Crippen LogP contribution in [0.3, 0.4) is 0 Å². The number of esters is 2. The first-order valence-electron chi connectivity index (χ1n) is 6.19. The predicted octanol–water partition coefficient (Wildman–Crippen LogP) is 2.40. The van der Waals surface area contributed by atoms with Crippen molar-refractivity contribution in [3.63, 3.8) is 0 Å². The minimum atomic E-state index is -1.23. The molecular weight excluding hydrogens is 232 g/mol. The van der Waals surface area contributed by atoms with Crippen LogP contribution in [0.15, 0.2) is 23.8 Å². The second-order valence-corrected chi connectivity index (χ2v) is 4.29. The first-order valence-corrected chi connectivity index (χ1v) is 6.19. The number of hydrogen-bond acceptors (Lipinski definition) is 4. The molecular formula is C14H20O4. The third kappa shape index (κ3) is 2.47. The highest BCUT2D eigenvalue weighted by Crippen LogP contribution is 2.46. The van der Waals surface area contributed by atoms with Crippen LogP contribution in [0.2, 0.25) is 0 Å². The lowest BCUT2D eigenvalue weighted by Gasteiger charge is -2.23. The third-order valence-electron chi connectivity index (χ3n) is 3.14. The van der Waals surface area contributed by atoms with Crippen LogP contribution in [0.4, 0.5) is 0 Å². The SMILES string of the molecule is C=C1CC(C(=O)OCC)(C(=O)OCC)C/C1=C\C. The summed E-state index contributed by atoms with van der Waals surface area (Å²) in [5, 5.41) is 0. The average molecular weight is 252 g/mol. The van der Waals surface area contributed by atoms with E-state index < -0.39 is 17.4 Å². The van der Waals surface area contributed by atoms with Crippen LogP contribution in [-0.2, 0) is 19.1 Å². The second-order valence-electron chi connectivity index (χ2n) is 4.29. The van der Waals surface area contributed by atoms with Crippen LogP contribution in [0, 0.1) is 5.41 Å². The molecule has 0 amide bonds. The van der Waals surface area contributed by atoms with E-state index >= 15 is 0 Å². The largest absolute Gasteiger partial charge is 0.465 e. The Morgan fingerprint density at radius 1 is 1.22 bits per heavy atom. The maximum absolute atomic E-state index is 12.1. The second kappa shape index (κ2) is 5.85. The molecule has 0 aromatic heterocycles. The summed E-state index contributed by atoms with van der Waals surface area (Å²) in [5.74, 6) is -1.03. The lowest BCUT2D eigenvalue weighted by molar-refractivity contribution is -0.171. The van der Waals surface area contributed by atoms with E-state index in [1.54, 1.807) is 13.8 Å². The molecule has 0 aliphatic heterocycles. The van der Waals surface area contributed by atoms with Crippen LogP contribution in [0.1, 0.15) is 33.6 Å². The molecule has 4 nitrogen and oxygen atoms in total. The Morgan fingerprint density at radius 2 is 1.72 bits per heavy atom. The van der Waals surface area contributed by atoms with E-state index in [-0.39, 0.29) is 19.6 Å². The fourth-order valence-corrected chi connectivity index (χ4v) is 2.21. The summed E-state index contributed by atoms with van der Waals surface area (Å²) >= 11 is 0. The van der Waals surface area contributed by atoms with E-state index in [1.165, 1.54) is 0 Å². The normalized spacial score (nSPS) is 19.9. The van der Waals surface area contributed by atoms with Crippen molar-refractivity contribution in [2.75, 3.05) is 13.2 Å². The van der Waals surface area contributed by atoms with Gasteiger partial charge in [0.2, 0.25) is 0 Å². The lowest BCUT2D eigenvalue weighted by Crippen LogP contribution is -2.39. The van der Waals surface area contributed by atoms with Crippen molar-refractivity contribution in [2.24, 2.45) is 5.41 Å². The Labute approximate surface area is 108 Å². The average Bonchev–Trinajstić information content (AvgIpc) is 2.68. The molecule has 0 aromatic carbocycles. The molecule has 0 spiro atoms. The Morgan fingerprint density at radius 3 is 2.06 bits per heavy atom. The van der Waals surface area contributed by atoms with E-state index in [2.05, 4.69) is 6.58 Å². The van der Waals surface area contributed by atoms with Crippen LogP contribution < -0.4 is 0 Å². The summed E-state index contributed by atoms with van der Waals surface area (Å²) in [7, 11) is 0. The summed E-state index contributed by atoms with van der Waals surface area (Å²) in [6.07, 6.45) is 2.48. The van der Waals surface area contributed by atoms with Gasteiger partial charge in [-0.3, -0.25) is 9.59 Å². The summed E-state index contributed by atoms with van der Waals surface area (Å²) in [4.78, 5) is 24.2. The van der Waals surface area contributed by atoms with Gasteiger partial charge in [0, 0.05) is 0 Å². The molecule has 1 saturated carbocycles. The van der Waals surface area contributed by atoms with Crippen LogP contribution >= 0.6 is 0 Å². The Bertz CT molecular complexity index is 375.